The van der Waals surface area contributed by atoms with Gasteiger partial charge in [0.25, 0.3) is 5.91 Å². The molecule has 0 unspecified atom stereocenters. The minimum absolute atomic E-state index is 0.0409. The highest BCUT2D eigenvalue weighted by molar-refractivity contribution is 6.33. The van der Waals surface area contributed by atoms with E-state index in [4.69, 9.17) is 11.6 Å². The smallest absolute Gasteiger partial charge is 0.351 e. The minimum Gasteiger partial charge on any atom is -0.351 e. The SMILES string of the molecule is O=C(NCCC(=O)N1CCC[C@@H](C(F)(F)F)C1)c1ccccc1Cl. The van der Waals surface area contributed by atoms with Crippen molar-refractivity contribution in [2.75, 3.05) is 19.6 Å². The summed E-state index contributed by atoms with van der Waals surface area (Å²) in [6, 6.07) is 6.48. The van der Waals surface area contributed by atoms with Crippen LogP contribution in [0.4, 0.5) is 13.2 Å². The number of piperidine rings is 1. The van der Waals surface area contributed by atoms with Gasteiger partial charge in [-0.1, -0.05) is 23.7 Å². The summed E-state index contributed by atoms with van der Waals surface area (Å²) in [5.41, 5.74) is 0.293. The number of benzene rings is 1. The summed E-state index contributed by atoms with van der Waals surface area (Å²) in [6.45, 7) is 0.0702. The first-order valence-corrected chi connectivity index (χ1v) is 8.04. The van der Waals surface area contributed by atoms with Gasteiger partial charge >= 0.3 is 6.18 Å². The minimum atomic E-state index is -4.28. The van der Waals surface area contributed by atoms with E-state index in [1.165, 1.54) is 4.90 Å². The second kappa shape index (κ2) is 7.88. The normalized spacial score (nSPS) is 18.3. The molecule has 1 aromatic rings. The van der Waals surface area contributed by atoms with Crippen LogP contribution in [0.2, 0.25) is 5.02 Å². The highest BCUT2D eigenvalue weighted by atomic mass is 35.5. The van der Waals surface area contributed by atoms with Crippen molar-refractivity contribution >= 4 is 23.4 Å². The maximum absolute atomic E-state index is 12.8. The molecule has 1 heterocycles. The van der Waals surface area contributed by atoms with E-state index in [1.54, 1.807) is 24.3 Å². The quantitative estimate of drug-likeness (QED) is 0.893. The van der Waals surface area contributed by atoms with E-state index in [0.29, 0.717) is 23.6 Å². The number of rotatable bonds is 4. The number of alkyl halides is 3. The molecule has 1 aliphatic rings. The van der Waals surface area contributed by atoms with Crippen molar-refractivity contribution in [1.82, 2.24) is 10.2 Å². The fourth-order valence-electron chi connectivity index (χ4n) is 2.65. The predicted octanol–water partition coefficient (Wildman–Crippen LogP) is 3.26. The van der Waals surface area contributed by atoms with Crippen molar-refractivity contribution in [3.8, 4) is 0 Å². The second-order valence-corrected chi connectivity index (χ2v) is 6.11. The lowest BCUT2D eigenvalue weighted by Crippen LogP contribution is -2.45. The van der Waals surface area contributed by atoms with Crippen molar-refractivity contribution in [3.63, 3.8) is 0 Å². The molecule has 1 N–H and O–H groups in total. The number of hydrogen-bond acceptors (Lipinski definition) is 2. The molecule has 132 valence electrons. The van der Waals surface area contributed by atoms with E-state index in [-0.39, 0.29) is 31.8 Å². The van der Waals surface area contributed by atoms with Gasteiger partial charge in [0.2, 0.25) is 5.91 Å². The van der Waals surface area contributed by atoms with Crippen LogP contribution in [-0.2, 0) is 4.79 Å². The van der Waals surface area contributed by atoms with Crippen LogP contribution in [0.1, 0.15) is 29.6 Å². The molecule has 0 bridgehead atoms. The maximum atomic E-state index is 12.8. The van der Waals surface area contributed by atoms with E-state index in [0.717, 1.165) is 0 Å². The third kappa shape index (κ3) is 4.87. The van der Waals surface area contributed by atoms with Crippen molar-refractivity contribution < 1.29 is 22.8 Å². The van der Waals surface area contributed by atoms with Crippen LogP contribution in [0, 0.1) is 5.92 Å². The van der Waals surface area contributed by atoms with Gasteiger partial charge in [0.1, 0.15) is 0 Å². The lowest BCUT2D eigenvalue weighted by Gasteiger charge is -2.33. The second-order valence-electron chi connectivity index (χ2n) is 5.71. The third-order valence-electron chi connectivity index (χ3n) is 3.98. The Hall–Kier alpha value is -1.76. The van der Waals surface area contributed by atoms with Crippen LogP contribution in [0.15, 0.2) is 24.3 Å². The summed E-state index contributed by atoms with van der Waals surface area (Å²) in [4.78, 5) is 25.2. The molecule has 1 atom stereocenters. The summed E-state index contributed by atoms with van der Waals surface area (Å²) < 4.78 is 38.3. The average molecular weight is 363 g/mol. The van der Waals surface area contributed by atoms with Crippen LogP contribution in [0.25, 0.3) is 0 Å². The zero-order valence-electron chi connectivity index (χ0n) is 12.9. The number of amides is 2. The lowest BCUT2D eigenvalue weighted by molar-refractivity contribution is -0.188. The van der Waals surface area contributed by atoms with E-state index in [1.807, 2.05) is 0 Å². The first-order valence-electron chi connectivity index (χ1n) is 7.66. The standard InChI is InChI=1S/C16H18ClF3N2O2/c17-13-6-2-1-5-12(13)15(24)21-8-7-14(23)22-9-3-4-11(10-22)16(18,19)20/h1-2,5-6,11H,3-4,7-10H2,(H,21,24)/t11-/m1/s1. The molecule has 2 rings (SSSR count). The number of hydrogen-bond donors (Lipinski definition) is 1. The Balaban J connectivity index is 1.81. The molecular formula is C16H18ClF3N2O2. The predicted molar refractivity (Wildman–Crippen MR) is 83.8 cm³/mol. The third-order valence-corrected chi connectivity index (χ3v) is 4.31. The summed E-state index contributed by atoms with van der Waals surface area (Å²) in [5, 5.41) is 2.85. The van der Waals surface area contributed by atoms with Gasteiger partial charge in [-0.25, -0.2) is 0 Å². The van der Waals surface area contributed by atoms with Crippen molar-refractivity contribution in [2.24, 2.45) is 5.92 Å². The van der Waals surface area contributed by atoms with Crippen molar-refractivity contribution in [1.29, 1.82) is 0 Å². The summed E-state index contributed by atoms with van der Waals surface area (Å²) in [6.07, 6.45) is -3.93. The van der Waals surface area contributed by atoms with Gasteiger partial charge in [0, 0.05) is 26.1 Å². The van der Waals surface area contributed by atoms with Gasteiger partial charge in [-0.3, -0.25) is 9.59 Å². The molecule has 8 heteroatoms. The fourth-order valence-corrected chi connectivity index (χ4v) is 2.87. The highest BCUT2D eigenvalue weighted by Gasteiger charge is 2.42. The Morgan fingerprint density at radius 3 is 2.67 bits per heavy atom. The number of carbonyl (C=O) groups is 2. The van der Waals surface area contributed by atoms with Gasteiger partial charge < -0.3 is 10.2 Å². The number of nitrogens with one attached hydrogen (secondary N) is 1. The molecule has 1 aliphatic heterocycles. The largest absolute Gasteiger partial charge is 0.393 e. The molecule has 1 fully saturated rings. The number of halogens is 4. The molecule has 24 heavy (non-hydrogen) atoms. The first-order chi connectivity index (χ1) is 11.3. The Kier molecular flexibility index (Phi) is 6.10. The van der Waals surface area contributed by atoms with E-state index >= 15 is 0 Å². The molecule has 0 aromatic heterocycles. The van der Waals surface area contributed by atoms with Gasteiger partial charge in [0.05, 0.1) is 16.5 Å². The van der Waals surface area contributed by atoms with Gasteiger partial charge in [-0.2, -0.15) is 13.2 Å². The molecule has 1 saturated heterocycles. The van der Waals surface area contributed by atoms with E-state index in [2.05, 4.69) is 5.32 Å². The molecular weight excluding hydrogens is 345 g/mol. The maximum Gasteiger partial charge on any atom is 0.393 e. The topological polar surface area (TPSA) is 49.4 Å². The van der Waals surface area contributed by atoms with Crippen molar-refractivity contribution in [2.45, 2.75) is 25.4 Å². The molecule has 1 aromatic carbocycles. The number of nitrogens with zero attached hydrogens (tertiary/aromatic N) is 1. The highest BCUT2D eigenvalue weighted by Crippen LogP contribution is 2.33. The monoisotopic (exact) mass is 362 g/mol. The fraction of sp³-hybridized carbons (Fsp3) is 0.500. The van der Waals surface area contributed by atoms with Crippen LogP contribution >= 0.6 is 11.6 Å². The Bertz CT molecular complexity index is 607. The van der Waals surface area contributed by atoms with Crippen LogP contribution in [0.3, 0.4) is 0 Å². The molecule has 0 spiro atoms. The molecule has 0 saturated carbocycles. The number of likely N-dealkylation sites (tertiary alicyclic amines) is 1. The Labute approximate surface area is 143 Å². The summed E-state index contributed by atoms with van der Waals surface area (Å²) in [7, 11) is 0. The van der Waals surface area contributed by atoms with E-state index < -0.39 is 18.0 Å². The van der Waals surface area contributed by atoms with Crippen LogP contribution in [-0.4, -0.2) is 42.5 Å². The van der Waals surface area contributed by atoms with Crippen molar-refractivity contribution in [3.05, 3.63) is 34.9 Å². The number of carbonyl (C=O) groups excluding carboxylic acids is 2. The molecule has 4 nitrogen and oxygen atoms in total. The van der Waals surface area contributed by atoms with Gasteiger partial charge in [-0.05, 0) is 25.0 Å². The zero-order chi connectivity index (χ0) is 17.7. The lowest BCUT2D eigenvalue weighted by atomic mass is 9.97. The Morgan fingerprint density at radius 2 is 2.00 bits per heavy atom. The first kappa shape index (κ1) is 18.6. The van der Waals surface area contributed by atoms with Gasteiger partial charge in [0.15, 0.2) is 0 Å². The van der Waals surface area contributed by atoms with Crippen LogP contribution < -0.4 is 5.32 Å². The van der Waals surface area contributed by atoms with Crippen LogP contribution in [0.5, 0.6) is 0 Å². The molecule has 0 radical (unpaired) electrons. The molecule has 2 amide bonds. The Morgan fingerprint density at radius 1 is 1.29 bits per heavy atom. The van der Waals surface area contributed by atoms with E-state index in [9.17, 15) is 22.8 Å². The molecule has 0 aliphatic carbocycles. The summed E-state index contributed by atoms with van der Waals surface area (Å²) in [5.74, 6) is -2.27. The summed E-state index contributed by atoms with van der Waals surface area (Å²) >= 11 is 5.90. The average Bonchev–Trinajstić information content (AvgIpc) is 2.54. The zero-order valence-corrected chi connectivity index (χ0v) is 13.7. The van der Waals surface area contributed by atoms with Gasteiger partial charge in [-0.15, -0.1) is 0 Å².